The van der Waals surface area contributed by atoms with Gasteiger partial charge in [0, 0.05) is 10.6 Å². The summed E-state index contributed by atoms with van der Waals surface area (Å²) >= 11 is 5.73. The minimum absolute atomic E-state index is 0.0261. The number of aliphatic hydroxyl groups is 2. The summed E-state index contributed by atoms with van der Waals surface area (Å²) in [5.74, 6) is -1.06. The molecule has 0 aliphatic rings. The fourth-order valence-electron chi connectivity index (χ4n) is 1.44. The highest BCUT2D eigenvalue weighted by Crippen LogP contribution is 2.35. The number of phenolic OH excluding ortho intramolecular Hbond substituents is 1. The predicted octanol–water partition coefficient (Wildman–Crippen LogP) is 0.585. The Bertz CT molecular complexity index is 451. The standard InChI is InChI=1S/C11H14ClNO5/c1-18-9(15)4-8(14)11(17)6-2-5(12)3-7(13)10(6)16/h2-3,8,11,14,16-17H,4,13H2,1H3. The van der Waals surface area contributed by atoms with Crippen LogP contribution in [0.1, 0.15) is 18.1 Å². The van der Waals surface area contributed by atoms with Gasteiger partial charge in [-0.2, -0.15) is 0 Å². The number of nitrogens with two attached hydrogens (primary N) is 1. The van der Waals surface area contributed by atoms with E-state index in [0.717, 1.165) is 7.11 Å². The molecule has 0 aliphatic heterocycles. The molecular weight excluding hydrogens is 262 g/mol. The van der Waals surface area contributed by atoms with E-state index in [0.29, 0.717) is 0 Å². The zero-order valence-corrected chi connectivity index (χ0v) is 10.4. The Morgan fingerprint density at radius 3 is 2.67 bits per heavy atom. The van der Waals surface area contributed by atoms with E-state index in [1.807, 2.05) is 0 Å². The second kappa shape index (κ2) is 5.90. The van der Waals surface area contributed by atoms with Crippen LogP contribution in [0.5, 0.6) is 5.75 Å². The number of carbonyl (C=O) groups excluding carboxylic acids is 1. The van der Waals surface area contributed by atoms with Crippen molar-refractivity contribution in [3.05, 3.63) is 22.7 Å². The molecule has 0 bridgehead atoms. The van der Waals surface area contributed by atoms with Gasteiger partial charge in [-0.3, -0.25) is 4.79 Å². The normalized spacial score (nSPS) is 14.0. The first-order valence-corrected chi connectivity index (χ1v) is 5.45. The summed E-state index contributed by atoms with van der Waals surface area (Å²) in [6, 6.07) is 2.57. The summed E-state index contributed by atoms with van der Waals surface area (Å²) in [6.45, 7) is 0. The Morgan fingerprint density at radius 1 is 1.50 bits per heavy atom. The Balaban J connectivity index is 2.96. The maximum Gasteiger partial charge on any atom is 0.308 e. The highest BCUT2D eigenvalue weighted by Gasteiger charge is 2.25. The molecule has 1 aromatic rings. The first-order chi connectivity index (χ1) is 8.36. The van der Waals surface area contributed by atoms with Gasteiger partial charge in [0.05, 0.1) is 25.3 Å². The lowest BCUT2D eigenvalue weighted by molar-refractivity contribution is -0.144. The second-order valence-electron chi connectivity index (χ2n) is 3.73. The Kier molecular flexibility index (Phi) is 4.77. The van der Waals surface area contributed by atoms with E-state index in [9.17, 15) is 20.1 Å². The molecular formula is C11H14ClNO5. The number of benzene rings is 1. The van der Waals surface area contributed by atoms with E-state index in [-0.39, 0.29) is 22.0 Å². The van der Waals surface area contributed by atoms with Crippen LogP contribution in [0.4, 0.5) is 5.69 Å². The van der Waals surface area contributed by atoms with Crippen molar-refractivity contribution in [1.29, 1.82) is 0 Å². The highest BCUT2D eigenvalue weighted by molar-refractivity contribution is 6.31. The smallest absolute Gasteiger partial charge is 0.308 e. The van der Waals surface area contributed by atoms with Crippen LogP contribution in [0.15, 0.2) is 12.1 Å². The molecule has 100 valence electrons. The molecule has 0 saturated carbocycles. The molecule has 2 atom stereocenters. The van der Waals surface area contributed by atoms with Gasteiger partial charge in [0.25, 0.3) is 0 Å². The van der Waals surface area contributed by atoms with Gasteiger partial charge in [-0.1, -0.05) is 11.6 Å². The second-order valence-corrected chi connectivity index (χ2v) is 4.16. The van der Waals surface area contributed by atoms with E-state index < -0.39 is 24.6 Å². The number of anilines is 1. The summed E-state index contributed by atoms with van der Waals surface area (Å²) in [6.07, 6.45) is -3.34. The fraction of sp³-hybridized carbons (Fsp3) is 0.364. The third-order valence-electron chi connectivity index (χ3n) is 2.42. The molecule has 0 aliphatic carbocycles. The first kappa shape index (κ1) is 14.6. The van der Waals surface area contributed by atoms with Gasteiger partial charge in [0.1, 0.15) is 11.9 Å². The highest BCUT2D eigenvalue weighted by atomic mass is 35.5. The number of rotatable bonds is 4. The lowest BCUT2D eigenvalue weighted by Gasteiger charge is -2.19. The number of hydrogen-bond acceptors (Lipinski definition) is 6. The number of halogens is 1. The number of carbonyl (C=O) groups is 1. The maximum absolute atomic E-state index is 11.0. The van der Waals surface area contributed by atoms with Crippen molar-refractivity contribution >= 4 is 23.3 Å². The van der Waals surface area contributed by atoms with E-state index in [2.05, 4.69) is 4.74 Å². The number of methoxy groups -OCH3 is 1. The molecule has 0 radical (unpaired) electrons. The summed E-state index contributed by atoms with van der Waals surface area (Å²) in [7, 11) is 1.16. The molecule has 18 heavy (non-hydrogen) atoms. The molecule has 6 nitrogen and oxygen atoms in total. The van der Waals surface area contributed by atoms with E-state index in [1.165, 1.54) is 12.1 Å². The fourth-order valence-corrected chi connectivity index (χ4v) is 1.68. The van der Waals surface area contributed by atoms with E-state index in [1.54, 1.807) is 0 Å². The Hall–Kier alpha value is -1.50. The van der Waals surface area contributed by atoms with Crippen molar-refractivity contribution in [2.24, 2.45) is 0 Å². The van der Waals surface area contributed by atoms with Gasteiger partial charge in [0.15, 0.2) is 0 Å². The minimum atomic E-state index is -1.50. The van der Waals surface area contributed by atoms with E-state index in [4.69, 9.17) is 17.3 Å². The van der Waals surface area contributed by atoms with Crippen LogP contribution in [-0.4, -0.2) is 34.5 Å². The van der Waals surface area contributed by atoms with Crippen LogP contribution >= 0.6 is 11.6 Å². The van der Waals surface area contributed by atoms with Crippen molar-refractivity contribution in [2.75, 3.05) is 12.8 Å². The Labute approximate surface area is 109 Å². The summed E-state index contributed by atoms with van der Waals surface area (Å²) in [4.78, 5) is 11.0. The van der Waals surface area contributed by atoms with Crippen LogP contribution in [0.3, 0.4) is 0 Å². The van der Waals surface area contributed by atoms with Crippen LogP contribution in [0.25, 0.3) is 0 Å². The average Bonchev–Trinajstić information content (AvgIpc) is 2.32. The monoisotopic (exact) mass is 275 g/mol. The topological polar surface area (TPSA) is 113 Å². The van der Waals surface area contributed by atoms with Gasteiger partial charge >= 0.3 is 5.97 Å². The average molecular weight is 276 g/mol. The van der Waals surface area contributed by atoms with Crippen LogP contribution in [-0.2, 0) is 9.53 Å². The predicted molar refractivity (Wildman–Crippen MR) is 65.1 cm³/mol. The molecule has 1 rings (SSSR count). The first-order valence-electron chi connectivity index (χ1n) is 5.07. The molecule has 0 spiro atoms. The third kappa shape index (κ3) is 3.25. The summed E-state index contributed by atoms with van der Waals surface area (Å²) < 4.78 is 4.36. The van der Waals surface area contributed by atoms with Crippen molar-refractivity contribution in [3.8, 4) is 5.75 Å². The van der Waals surface area contributed by atoms with Gasteiger partial charge in [0.2, 0.25) is 0 Å². The maximum atomic E-state index is 11.0. The van der Waals surface area contributed by atoms with Gasteiger partial charge in [-0.25, -0.2) is 0 Å². The van der Waals surface area contributed by atoms with Crippen molar-refractivity contribution in [2.45, 2.75) is 18.6 Å². The number of aromatic hydroxyl groups is 1. The molecule has 0 fully saturated rings. The van der Waals surface area contributed by atoms with Crippen molar-refractivity contribution in [3.63, 3.8) is 0 Å². The summed E-state index contributed by atoms with van der Waals surface area (Å²) in [5.41, 5.74) is 5.40. The molecule has 2 unspecified atom stereocenters. The van der Waals surface area contributed by atoms with Crippen molar-refractivity contribution in [1.82, 2.24) is 0 Å². The number of esters is 1. The molecule has 0 amide bonds. The lowest BCUT2D eigenvalue weighted by atomic mass is 10.0. The molecule has 5 N–H and O–H groups in total. The van der Waals surface area contributed by atoms with Crippen LogP contribution in [0, 0.1) is 0 Å². The number of nitrogen functional groups attached to an aromatic ring is 1. The van der Waals surface area contributed by atoms with Gasteiger partial charge in [-0.05, 0) is 12.1 Å². The quantitative estimate of drug-likeness (QED) is 0.363. The Morgan fingerprint density at radius 2 is 2.11 bits per heavy atom. The zero-order chi connectivity index (χ0) is 13.9. The lowest BCUT2D eigenvalue weighted by Crippen LogP contribution is -2.22. The minimum Gasteiger partial charge on any atom is -0.505 e. The third-order valence-corrected chi connectivity index (χ3v) is 2.64. The van der Waals surface area contributed by atoms with Crippen LogP contribution in [0.2, 0.25) is 5.02 Å². The van der Waals surface area contributed by atoms with Gasteiger partial charge < -0.3 is 25.8 Å². The van der Waals surface area contributed by atoms with Gasteiger partial charge in [-0.15, -0.1) is 0 Å². The summed E-state index contributed by atoms with van der Waals surface area (Å²) in [5, 5.41) is 29.3. The molecule has 1 aromatic carbocycles. The van der Waals surface area contributed by atoms with Crippen molar-refractivity contribution < 1.29 is 24.9 Å². The largest absolute Gasteiger partial charge is 0.505 e. The number of hydrogen-bond donors (Lipinski definition) is 4. The SMILES string of the molecule is COC(=O)CC(O)C(O)c1cc(Cl)cc(N)c1O. The number of ether oxygens (including phenoxy) is 1. The molecule has 7 heteroatoms. The number of aliphatic hydroxyl groups excluding tert-OH is 2. The molecule has 0 heterocycles. The molecule has 0 saturated heterocycles. The van der Waals surface area contributed by atoms with Crippen LogP contribution < -0.4 is 5.73 Å². The zero-order valence-electron chi connectivity index (χ0n) is 9.63. The van der Waals surface area contributed by atoms with E-state index >= 15 is 0 Å². The number of phenols is 1. The molecule has 0 aromatic heterocycles.